The summed E-state index contributed by atoms with van der Waals surface area (Å²) in [7, 11) is 5.50. The van der Waals surface area contributed by atoms with Gasteiger partial charge in [-0.1, -0.05) is 0 Å². The molecule has 0 aliphatic carbocycles. The lowest BCUT2D eigenvalue weighted by Gasteiger charge is -2.38. The maximum Gasteiger partial charge on any atom is 0.222 e. The second-order valence-corrected chi connectivity index (χ2v) is 6.58. The largest absolute Gasteiger partial charge is 0.462 e. The molecule has 0 saturated carbocycles. The SMILES string of the molecule is COCc1ccc(CNC[C@H]2CCC(=O)N(C)[C@@H]2c2nccn2C)o1. The first-order valence-electron chi connectivity index (χ1n) is 8.60. The van der Waals surface area contributed by atoms with Crippen LogP contribution in [0.5, 0.6) is 0 Å². The second-order valence-electron chi connectivity index (χ2n) is 6.58. The summed E-state index contributed by atoms with van der Waals surface area (Å²) in [6, 6.07) is 3.90. The molecule has 0 spiro atoms. The molecule has 0 unspecified atom stereocenters. The van der Waals surface area contributed by atoms with E-state index in [1.807, 2.05) is 41.9 Å². The molecule has 1 saturated heterocycles. The minimum absolute atomic E-state index is 0.00518. The molecule has 2 atom stereocenters. The van der Waals surface area contributed by atoms with Crippen LogP contribution in [0.4, 0.5) is 0 Å². The average Bonchev–Trinajstić information content (AvgIpc) is 3.21. The lowest BCUT2D eigenvalue weighted by molar-refractivity contribution is -0.137. The zero-order chi connectivity index (χ0) is 17.8. The van der Waals surface area contributed by atoms with Crippen LogP contribution >= 0.6 is 0 Å². The van der Waals surface area contributed by atoms with Gasteiger partial charge in [-0.2, -0.15) is 0 Å². The molecule has 136 valence electrons. The van der Waals surface area contributed by atoms with Crippen LogP contribution in [0, 0.1) is 5.92 Å². The Hall–Kier alpha value is -2.12. The molecule has 25 heavy (non-hydrogen) atoms. The minimum Gasteiger partial charge on any atom is -0.462 e. The number of aryl methyl sites for hydroxylation is 1. The summed E-state index contributed by atoms with van der Waals surface area (Å²) >= 11 is 0. The Bertz CT molecular complexity index is 709. The Morgan fingerprint density at radius 2 is 2.16 bits per heavy atom. The van der Waals surface area contributed by atoms with E-state index in [0.717, 1.165) is 30.3 Å². The van der Waals surface area contributed by atoms with Crippen molar-refractivity contribution in [1.29, 1.82) is 0 Å². The maximum atomic E-state index is 12.2. The molecular weight excluding hydrogens is 320 g/mol. The van der Waals surface area contributed by atoms with Crippen molar-refractivity contribution in [2.75, 3.05) is 20.7 Å². The normalized spacial score (nSPS) is 21.1. The van der Waals surface area contributed by atoms with Crippen LogP contribution in [0.1, 0.15) is 36.2 Å². The second kappa shape index (κ2) is 7.84. The van der Waals surface area contributed by atoms with Crippen molar-refractivity contribution in [3.63, 3.8) is 0 Å². The molecule has 0 bridgehead atoms. The first-order chi connectivity index (χ1) is 12.1. The van der Waals surface area contributed by atoms with Gasteiger partial charge in [-0.15, -0.1) is 0 Å². The predicted molar refractivity (Wildman–Crippen MR) is 92.6 cm³/mol. The summed E-state index contributed by atoms with van der Waals surface area (Å²) < 4.78 is 12.8. The Kier molecular flexibility index (Phi) is 5.55. The number of carbonyl (C=O) groups excluding carboxylic acids is 1. The molecule has 0 radical (unpaired) electrons. The number of hydrogen-bond acceptors (Lipinski definition) is 5. The van der Waals surface area contributed by atoms with E-state index in [1.165, 1.54) is 0 Å². The molecule has 7 nitrogen and oxygen atoms in total. The van der Waals surface area contributed by atoms with Gasteiger partial charge in [0.25, 0.3) is 0 Å². The molecule has 3 rings (SSSR count). The van der Waals surface area contributed by atoms with Gasteiger partial charge in [-0.3, -0.25) is 4.79 Å². The van der Waals surface area contributed by atoms with Gasteiger partial charge in [0, 0.05) is 46.6 Å². The van der Waals surface area contributed by atoms with Crippen LogP contribution in [0.25, 0.3) is 0 Å². The fraction of sp³-hybridized carbons (Fsp3) is 0.556. The maximum absolute atomic E-state index is 12.2. The number of methoxy groups -OCH3 is 1. The van der Waals surface area contributed by atoms with Crippen LogP contribution in [-0.4, -0.2) is 41.1 Å². The van der Waals surface area contributed by atoms with E-state index in [-0.39, 0.29) is 11.9 Å². The highest BCUT2D eigenvalue weighted by Crippen LogP contribution is 2.34. The molecule has 1 N–H and O–H groups in total. The minimum atomic E-state index is -0.00518. The van der Waals surface area contributed by atoms with E-state index in [1.54, 1.807) is 13.3 Å². The lowest BCUT2D eigenvalue weighted by Crippen LogP contribution is -2.44. The summed E-state index contributed by atoms with van der Waals surface area (Å²) in [4.78, 5) is 18.5. The number of aromatic nitrogens is 2. The Labute approximate surface area is 148 Å². The van der Waals surface area contributed by atoms with Crippen LogP contribution in [0.15, 0.2) is 28.9 Å². The van der Waals surface area contributed by atoms with E-state index in [4.69, 9.17) is 9.15 Å². The summed E-state index contributed by atoms with van der Waals surface area (Å²) in [5.41, 5.74) is 0. The van der Waals surface area contributed by atoms with Crippen molar-refractivity contribution in [2.24, 2.45) is 13.0 Å². The van der Waals surface area contributed by atoms with Crippen molar-refractivity contribution >= 4 is 5.91 Å². The number of hydrogen-bond donors (Lipinski definition) is 1. The number of nitrogens with zero attached hydrogens (tertiary/aromatic N) is 3. The van der Waals surface area contributed by atoms with Crippen molar-refractivity contribution in [2.45, 2.75) is 32.0 Å². The quantitative estimate of drug-likeness (QED) is 0.828. The van der Waals surface area contributed by atoms with Gasteiger partial charge in [-0.25, -0.2) is 4.98 Å². The Balaban J connectivity index is 1.63. The third-order valence-electron chi connectivity index (χ3n) is 4.82. The summed E-state index contributed by atoms with van der Waals surface area (Å²) in [6.45, 7) is 1.94. The van der Waals surface area contributed by atoms with Crippen molar-refractivity contribution in [3.8, 4) is 0 Å². The third-order valence-corrected chi connectivity index (χ3v) is 4.82. The molecule has 1 fully saturated rings. The van der Waals surface area contributed by atoms with Gasteiger partial charge in [-0.05, 0) is 24.5 Å². The van der Waals surface area contributed by atoms with Crippen molar-refractivity contribution < 1.29 is 13.9 Å². The summed E-state index contributed by atoms with van der Waals surface area (Å²) in [6.07, 6.45) is 5.16. The number of nitrogens with one attached hydrogen (secondary N) is 1. The standard InChI is InChI=1S/C18H26N4O3/c1-21-9-8-20-18(21)17-13(4-7-16(23)22(17)2)10-19-11-14-5-6-15(25-14)12-24-3/h5-6,8-9,13,17,19H,4,7,10-12H2,1-3H3/t13-,17+/m1/s1. The van der Waals surface area contributed by atoms with Crippen LogP contribution in [0.3, 0.4) is 0 Å². The number of carbonyl (C=O) groups is 1. The molecular formula is C18H26N4O3. The molecule has 3 heterocycles. The first-order valence-corrected chi connectivity index (χ1v) is 8.60. The fourth-order valence-electron chi connectivity index (χ4n) is 3.49. The molecule has 1 aliphatic heterocycles. The van der Waals surface area contributed by atoms with E-state index in [0.29, 0.717) is 25.5 Å². The lowest BCUT2D eigenvalue weighted by atomic mass is 9.88. The van der Waals surface area contributed by atoms with Gasteiger partial charge in [0.2, 0.25) is 5.91 Å². The molecule has 1 amide bonds. The number of furan rings is 1. The molecule has 2 aromatic heterocycles. The van der Waals surface area contributed by atoms with Gasteiger partial charge in [0.05, 0.1) is 12.6 Å². The van der Waals surface area contributed by atoms with Gasteiger partial charge >= 0.3 is 0 Å². The van der Waals surface area contributed by atoms with Crippen molar-refractivity contribution in [1.82, 2.24) is 19.8 Å². The number of ether oxygens (including phenoxy) is 1. The zero-order valence-electron chi connectivity index (χ0n) is 15.1. The van der Waals surface area contributed by atoms with E-state index < -0.39 is 0 Å². The Morgan fingerprint density at radius 1 is 1.36 bits per heavy atom. The van der Waals surface area contributed by atoms with E-state index >= 15 is 0 Å². The highest BCUT2D eigenvalue weighted by Gasteiger charge is 2.36. The Morgan fingerprint density at radius 3 is 2.88 bits per heavy atom. The monoisotopic (exact) mass is 346 g/mol. The highest BCUT2D eigenvalue weighted by molar-refractivity contribution is 5.77. The first kappa shape index (κ1) is 17.7. The highest BCUT2D eigenvalue weighted by atomic mass is 16.5. The zero-order valence-corrected chi connectivity index (χ0v) is 15.1. The van der Waals surface area contributed by atoms with Crippen LogP contribution in [-0.2, 0) is 29.7 Å². The number of rotatable bonds is 7. The molecule has 0 aromatic carbocycles. The number of imidazole rings is 1. The number of likely N-dealkylation sites (tertiary alicyclic amines) is 1. The fourth-order valence-corrected chi connectivity index (χ4v) is 3.49. The van der Waals surface area contributed by atoms with Crippen molar-refractivity contribution in [3.05, 3.63) is 41.9 Å². The van der Waals surface area contributed by atoms with Gasteiger partial charge in [0.1, 0.15) is 24.0 Å². The average molecular weight is 346 g/mol. The van der Waals surface area contributed by atoms with E-state index in [2.05, 4.69) is 10.3 Å². The number of amides is 1. The number of piperidine rings is 1. The summed E-state index contributed by atoms with van der Waals surface area (Å²) in [5, 5.41) is 3.46. The summed E-state index contributed by atoms with van der Waals surface area (Å²) in [5.74, 6) is 3.15. The molecule has 1 aliphatic rings. The molecule has 7 heteroatoms. The smallest absolute Gasteiger partial charge is 0.222 e. The predicted octanol–water partition coefficient (Wildman–Crippen LogP) is 1.86. The third kappa shape index (κ3) is 3.93. The topological polar surface area (TPSA) is 72.5 Å². The van der Waals surface area contributed by atoms with Crippen LogP contribution in [0.2, 0.25) is 0 Å². The van der Waals surface area contributed by atoms with E-state index in [9.17, 15) is 4.79 Å². The molecule has 2 aromatic rings. The van der Waals surface area contributed by atoms with Crippen LogP contribution < -0.4 is 5.32 Å². The van der Waals surface area contributed by atoms with Gasteiger partial charge in [0.15, 0.2) is 0 Å². The van der Waals surface area contributed by atoms with Gasteiger partial charge < -0.3 is 23.9 Å².